The van der Waals surface area contributed by atoms with Crippen LogP contribution in [0.3, 0.4) is 0 Å². The SMILES string of the molecule is O=CNc1ccc(C(=O)CCCN2CCc3ccccc3C2)cc1. The molecule has 1 aliphatic heterocycles. The van der Waals surface area contributed by atoms with Gasteiger partial charge in [0.25, 0.3) is 0 Å². The molecule has 24 heavy (non-hydrogen) atoms. The minimum atomic E-state index is 0.157. The summed E-state index contributed by atoms with van der Waals surface area (Å²) in [6.07, 6.45) is 3.15. The lowest BCUT2D eigenvalue weighted by molar-refractivity contribution is -0.105. The van der Waals surface area contributed by atoms with Gasteiger partial charge in [-0.3, -0.25) is 14.5 Å². The van der Waals surface area contributed by atoms with Crippen LogP contribution in [0.1, 0.15) is 34.3 Å². The predicted molar refractivity (Wildman–Crippen MR) is 95.1 cm³/mol. The van der Waals surface area contributed by atoms with Crippen LogP contribution in [0.4, 0.5) is 5.69 Å². The molecule has 0 atom stereocenters. The molecule has 0 saturated heterocycles. The van der Waals surface area contributed by atoms with Gasteiger partial charge in [-0.25, -0.2) is 0 Å². The van der Waals surface area contributed by atoms with Crippen molar-refractivity contribution in [2.75, 3.05) is 18.4 Å². The van der Waals surface area contributed by atoms with Crippen molar-refractivity contribution in [1.29, 1.82) is 0 Å². The maximum Gasteiger partial charge on any atom is 0.211 e. The monoisotopic (exact) mass is 322 g/mol. The molecule has 0 fully saturated rings. The van der Waals surface area contributed by atoms with Gasteiger partial charge < -0.3 is 5.32 Å². The number of rotatable bonds is 7. The van der Waals surface area contributed by atoms with E-state index in [9.17, 15) is 9.59 Å². The number of hydrogen-bond donors (Lipinski definition) is 1. The van der Waals surface area contributed by atoms with E-state index in [1.807, 2.05) is 0 Å². The molecule has 1 N–H and O–H groups in total. The van der Waals surface area contributed by atoms with Crippen LogP contribution in [-0.2, 0) is 17.8 Å². The minimum absolute atomic E-state index is 0.157. The molecule has 0 aromatic heterocycles. The molecule has 1 aliphatic rings. The fraction of sp³-hybridized carbons (Fsp3) is 0.300. The van der Waals surface area contributed by atoms with Crippen molar-refractivity contribution in [3.05, 3.63) is 65.2 Å². The Labute approximate surface area is 142 Å². The number of carbonyl (C=O) groups is 2. The number of nitrogens with one attached hydrogen (secondary N) is 1. The third-order valence-corrected chi connectivity index (χ3v) is 4.52. The van der Waals surface area contributed by atoms with Gasteiger partial charge in [-0.15, -0.1) is 0 Å². The molecule has 0 aliphatic carbocycles. The first-order valence-corrected chi connectivity index (χ1v) is 8.39. The van der Waals surface area contributed by atoms with Crippen molar-refractivity contribution in [3.63, 3.8) is 0 Å². The van der Waals surface area contributed by atoms with E-state index >= 15 is 0 Å². The zero-order valence-electron chi connectivity index (χ0n) is 13.7. The normalized spacial score (nSPS) is 14.0. The zero-order chi connectivity index (χ0) is 16.8. The molecule has 2 aromatic carbocycles. The lowest BCUT2D eigenvalue weighted by Crippen LogP contribution is -2.31. The molecule has 0 bridgehead atoms. The number of amides is 1. The van der Waals surface area contributed by atoms with Crippen LogP contribution in [0, 0.1) is 0 Å². The highest BCUT2D eigenvalue weighted by atomic mass is 16.1. The van der Waals surface area contributed by atoms with Gasteiger partial charge in [0.1, 0.15) is 0 Å². The number of Topliss-reactive ketones (excluding diaryl/α,β-unsaturated/α-hetero) is 1. The Balaban J connectivity index is 1.46. The van der Waals surface area contributed by atoms with Gasteiger partial charge in [0.2, 0.25) is 6.41 Å². The minimum Gasteiger partial charge on any atom is -0.329 e. The predicted octanol–water partition coefficient (Wildman–Crippen LogP) is 3.28. The van der Waals surface area contributed by atoms with Gasteiger partial charge in [0.15, 0.2) is 5.78 Å². The quantitative estimate of drug-likeness (QED) is 0.629. The summed E-state index contributed by atoms with van der Waals surface area (Å²) in [7, 11) is 0. The maximum absolute atomic E-state index is 12.2. The van der Waals surface area contributed by atoms with Crippen LogP contribution in [0.25, 0.3) is 0 Å². The van der Waals surface area contributed by atoms with Crippen LogP contribution in [0.15, 0.2) is 48.5 Å². The Morgan fingerprint density at radius 1 is 1.08 bits per heavy atom. The van der Waals surface area contributed by atoms with E-state index in [0.717, 1.165) is 32.5 Å². The van der Waals surface area contributed by atoms with Crippen LogP contribution in [-0.4, -0.2) is 30.2 Å². The van der Waals surface area contributed by atoms with Gasteiger partial charge >= 0.3 is 0 Å². The van der Waals surface area contributed by atoms with Crippen molar-refractivity contribution in [1.82, 2.24) is 4.90 Å². The maximum atomic E-state index is 12.2. The summed E-state index contributed by atoms with van der Waals surface area (Å²) < 4.78 is 0. The summed E-state index contributed by atoms with van der Waals surface area (Å²) in [4.78, 5) is 25.0. The van der Waals surface area contributed by atoms with Crippen molar-refractivity contribution < 1.29 is 9.59 Å². The van der Waals surface area contributed by atoms with Crippen LogP contribution < -0.4 is 5.32 Å². The lowest BCUT2D eigenvalue weighted by Gasteiger charge is -2.28. The largest absolute Gasteiger partial charge is 0.329 e. The summed E-state index contributed by atoms with van der Waals surface area (Å²) in [5.74, 6) is 0.157. The number of nitrogens with zero attached hydrogens (tertiary/aromatic N) is 1. The average Bonchev–Trinajstić information content (AvgIpc) is 2.62. The van der Waals surface area contributed by atoms with E-state index in [0.29, 0.717) is 24.1 Å². The van der Waals surface area contributed by atoms with Gasteiger partial charge in [-0.1, -0.05) is 24.3 Å². The highest BCUT2D eigenvalue weighted by molar-refractivity contribution is 5.96. The first-order valence-electron chi connectivity index (χ1n) is 8.39. The van der Waals surface area contributed by atoms with E-state index in [-0.39, 0.29) is 5.78 Å². The molecular weight excluding hydrogens is 300 g/mol. The van der Waals surface area contributed by atoms with E-state index in [1.165, 1.54) is 11.1 Å². The highest BCUT2D eigenvalue weighted by Gasteiger charge is 2.15. The van der Waals surface area contributed by atoms with E-state index in [2.05, 4.69) is 34.5 Å². The molecule has 3 rings (SSSR count). The Morgan fingerprint density at radius 3 is 2.58 bits per heavy atom. The molecule has 4 heteroatoms. The fourth-order valence-corrected chi connectivity index (χ4v) is 3.17. The van der Waals surface area contributed by atoms with Crippen molar-refractivity contribution in [2.24, 2.45) is 0 Å². The molecule has 0 unspecified atom stereocenters. The average molecular weight is 322 g/mol. The molecule has 2 aromatic rings. The van der Waals surface area contributed by atoms with Gasteiger partial charge in [0.05, 0.1) is 0 Å². The number of ketones is 1. The second kappa shape index (κ2) is 7.88. The molecule has 4 nitrogen and oxygen atoms in total. The Kier molecular flexibility index (Phi) is 5.39. The smallest absolute Gasteiger partial charge is 0.211 e. The Hall–Kier alpha value is -2.46. The number of hydrogen-bond acceptors (Lipinski definition) is 3. The third kappa shape index (κ3) is 4.09. The number of fused-ring (bicyclic) bond motifs is 1. The summed E-state index contributed by atoms with van der Waals surface area (Å²) in [6, 6.07) is 15.6. The number of anilines is 1. The van der Waals surface area contributed by atoms with E-state index in [4.69, 9.17) is 0 Å². The van der Waals surface area contributed by atoms with E-state index < -0.39 is 0 Å². The highest BCUT2D eigenvalue weighted by Crippen LogP contribution is 2.19. The van der Waals surface area contributed by atoms with E-state index in [1.54, 1.807) is 24.3 Å². The molecule has 1 amide bonds. The van der Waals surface area contributed by atoms with Crippen LogP contribution in [0.5, 0.6) is 0 Å². The van der Waals surface area contributed by atoms with Gasteiger partial charge in [0, 0.05) is 30.8 Å². The Bertz CT molecular complexity index is 710. The summed E-state index contributed by atoms with van der Waals surface area (Å²) in [5.41, 5.74) is 4.27. The molecule has 124 valence electrons. The van der Waals surface area contributed by atoms with Gasteiger partial charge in [-0.2, -0.15) is 0 Å². The first kappa shape index (κ1) is 16.4. The molecule has 0 radical (unpaired) electrons. The third-order valence-electron chi connectivity index (χ3n) is 4.52. The van der Waals surface area contributed by atoms with Crippen molar-refractivity contribution in [2.45, 2.75) is 25.8 Å². The van der Waals surface area contributed by atoms with Gasteiger partial charge in [-0.05, 0) is 54.8 Å². The van der Waals surface area contributed by atoms with Crippen molar-refractivity contribution in [3.8, 4) is 0 Å². The summed E-state index contributed by atoms with van der Waals surface area (Å²) >= 11 is 0. The topological polar surface area (TPSA) is 49.4 Å². The van der Waals surface area contributed by atoms with Crippen LogP contribution in [0.2, 0.25) is 0 Å². The lowest BCUT2D eigenvalue weighted by atomic mass is 9.99. The number of benzene rings is 2. The molecule has 0 spiro atoms. The fourth-order valence-electron chi connectivity index (χ4n) is 3.17. The van der Waals surface area contributed by atoms with Crippen molar-refractivity contribution >= 4 is 17.9 Å². The summed E-state index contributed by atoms with van der Waals surface area (Å²) in [6.45, 7) is 3.00. The second-order valence-electron chi connectivity index (χ2n) is 6.16. The molecule has 0 saturated carbocycles. The van der Waals surface area contributed by atoms with Crippen LogP contribution >= 0.6 is 0 Å². The number of carbonyl (C=O) groups excluding carboxylic acids is 2. The Morgan fingerprint density at radius 2 is 1.83 bits per heavy atom. The standard InChI is InChI=1S/C20H22N2O2/c23-15-21-19-9-7-17(8-10-19)20(24)6-3-12-22-13-11-16-4-1-2-5-18(16)14-22/h1-2,4-5,7-10,15H,3,6,11-14H2,(H,21,23). The first-order chi connectivity index (χ1) is 11.8. The second-order valence-corrected chi connectivity index (χ2v) is 6.16. The molecular formula is C20H22N2O2. The molecule has 1 heterocycles. The summed E-state index contributed by atoms with van der Waals surface area (Å²) in [5, 5.41) is 2.57. The zero-order valence-corrected chi connectivity index (χ0v) is 13.7.